The zero-order valence-electron chi connectivity index (χ0n) is 16.5. The van der Waals surface area contributed by atoms with Gasteiger partial charge < -0.3 is 5.43 Å². The predicted octanol–water partition coefficient (Wildman–Crippen LogP) is 5.77. The van der Waals surface area contributed by atoms with Gasteiger partial charge in [-0.25, -0.2) is 0 Å². The maximum absolute atomic E-state index is 12.3. The lowest BCUT2D eigenvalue weighted by molar-refractivity contribution is 0.0994. The van der Waals surface area contributed by atoms with Gasteiger partial charge in [-0.05, 0) is 66.1 Å². The average molecular weight is 361 g/mol. The fourth-order valence-electron chi connectivity index (χ4n) is 4.68. The summed E-state index contributed by atoms with van der Waals surface area (Å²) in [7, 11) is 0. The first-order valence-electron chi connectivity index (χ1n) is 10.2. The second-order valence-corrected chi connectivity index (χ2v) is 7.76. The van der Waals surface area contributed by atoms with E-state index in [1.54, 1.807) is 6.21 Å². The number of hydrazone groups is 1. The average Bonchev–Trinajstić information content (AvgIpc) is 3.21. The Balaban J connectivity index is 1.84. The molecule has 2 aliphatic carbocycles. The molecule has 0 saturated heterocycles. The van der Waals surface area contributed by atoms with Crippen LogP contribution in [0, 0.1) is 0 Å². The van der Waals surface area contributed by atoms with Crippen LogP contribution in [-0.2, 0) is 6.42 Å². The van der Waals surface area contributed by atoms with Crippen molar-refractivity contribution in [2.75, 3.05) is 0 Å². The van der Waals surface area contributed by atoms with E-state index >= 15 is 0 Å². The number of unbranched alkanes of at least 4 members (excludes halogenated alkanes) is 1. The largest absolute Gasteiger partial charge is 0.303 e. The lowest BCUT2D eigenvalue weighted by Gasteiger charge is -2.15. The van der Waals surface area contributed by atoms with Crippen molar-refractivity contribution in [3.05, 3.63) is 58.1 Å². The molecule has 0 radical (unpaired) electrons. The summed E-state index contributed by atoms with van der Waals surface area (Å²) in [5.41, 5.74) is 12.2. The summed E-state index contributed by atoms with van der Waals surface area (Å²) >= 11 is 0. The summed E-state index contributed by atoms with van der Waals surface area (Å²) < 4.78 is 0. The molecule has 0 bridgehead atoms. The van der Waals surface area contributed by atoms with E-state index in [0.29, 0.717) is 18.1 Å². The van der Waals surface area contributed by atoms with E-state index in [0.717, 1.165) is 12.0 Å². The second-order valence-electron chi connectivity index (χ2n) is 7.76. The van der Waals surface area contributed by atoms with Crippen molar-refractivity contribution in [3.63, 3.8) is 0 Å². The van der Waals surface area contributed by atoms with E-state index < -0.39 is 0 Å². The highest BCUT2D eigenvalue weighted by Gasteiger charge is 2.34. The third kappa shape index (κ3) is 2.99. The third-order valence-electron chi connectivity index (χ3n) is 6.09. The molecule has 27 heavy (non-hydrogen) atoms. The lowest BCUT2D eigenvalue weighted by atomic mass is 9.90. The minimum absolute atomic E-state index is 0.156. The van der Waals surface area contributed by atoms with Gasteiger partial charge in [0.2, 0.25) is 0 Å². The Morgan fingerprint density at radius 3 is 2.78 bits per heavy atom. The molecule has 1 N–H and O–H groups in total. The Morgan fingerprint density at radius 2 is 2.00 bits per heavy atom. The molecule has 3 heteroatoms. The van der Waals surface area contributed by atoms with Crippen LogP contribution in [0.2, 0.25) is 0 Å². The summed E-state index contributed by atoms with van der Waals surface area (Å²) in [6.07, 6.45) is 6.93. The maximum Gasteiger partial charge on any atom is 0.163 e. The Bertz CT molecular complexity index is 913. The van der Waals surface area contributed by atoms with Gasteiger partial charge in [-0.1, -0.05) is 44.0 Å². The number of carbonyl (C=O) groups excluding carboxylic acids is 1. The molecule has 3 nitrogen and oxygen atoms in total. The topological polar surface area (TPSA) is 41.5 Å². The van der Waals surface area contributed by atoms with Crippen molar-refractivity contribution >= 4 is 12.0 Å². The van der Waals surface area contributed by atoms with E-state index in [1.807, 2.05) is 6.92 Å². The molecule has 2 aromatic rings. The van der Waals surface area contributed by atoms with Crippen LogP contribution in [0.25, 0.3) is 11.1 Å². The number of nitrogens with zero attached hydrogens (tertiary/aromatic N) is 1. The molecule has 0 aromatic heterocycles. The number of Topliss-reactive ketones (excluding diaryl/α,β-unsaturated/α-hetero) is 1. The van der Waals surface area contributed by atoms with E-state index in [-0.39, 0.29) is 6.04 Å². The molecule has 0 fully saturated rings. The smallest absolute Gasteiger partial charge is 0.163 e. The van der Waals surface area contributed by atoms with E-state index in [9.17, 15) is 4.79 Å². The SMILES string of the molecule is C/C=N\NC(C)c1ccc2c(c1)-c1c(ccc3c1CCC3=O)C2CCCC. The molecule has 2 unspecified atom stereocenters. The first-order chi connectivity index (χ1) is 13.2. The van der Waals surface area contributed by atoms with Crippen molar-refractivity contribution < 1.29 is 4.79 Å². The molecule has 0 saturated carbocycles. The van der Waals surface area contributed by atoms with Crippen molar-refractivity contribution in [2.45, 2.75) is 64.8 Å². The Labute approximate surface area is 161 Å². The number of benzene rings is 2. The number of rotatable bonds is 6. The van der Waals surface area contributed by atoms with Crippen LogP contribution < -0.4 is 5.43 Å². The molecular formula is C24H28N2O. The van der Waals surface area contributed by atoms with Gasteiger partial charge in [0.25, 0.3) is 0 Å². The molecule has 0 spiro atoms. The quantitative estimate of drug-likeness (QED) is 0.524. The molecule has 2 aliphatic rings. The Morgan fingerprint density at radius 1 is 1.19 bits per heavy atom. The van der Waals surface area contributed by atoms with Crippen LogP contribution in [-0.4, -0.2) is 12.0 Å². The number of carbonyl (C=O) groups is 1. The highest BCUT2D eigenvalue weighted by Crippen LogP contribution is 2.51. The zero-order valence-corrected chi connectivity index (χ0v) is 16.5. The van der Waals surface area contributed by atoms with Crippen LogP contribution in [0.4, 0.5) is 0 Å². The first kappa shape index (κ1) is 18.0. The zero-order chi connectivity index (χ0) is 19.0. The minimum atomic E-state index is 0.156. The fraction of sp³-hybridized carbons (Fsp3) is 0.417. The van der Waals surface area contributed by atoms with Crippen molar-refractivity contribution in [2.24, 2.45) is 5.10 Å². The maximum atomic E-state index is 12.3. The molecule has 0 aliphatic heterocycles. The molecule has 140 valence electrons. The van der Waals surface area contributed by atoms with Crippen LogP contribution >= 0.6 is 0 Å². The number of hydrogen-bond acceptors (Lipinski definition) is 3. The van der Waals surface area contributed by atoms with E-state index in [1.165, 1.54) is 52.6 Å². The molecular weight excluding hydrogens is 332 g/mol. The van der Waals surface area contributed by atoms with Crippen molar-refractivity contribution in [1.82, 2.24) is 5.43 Å². The highest BCUT2D eigenvalue weighted by molar-refractivity contribution is 6.03. The third-order valence-corrected chi connectivity index (χ3v) is 6.09. The summed E-state index contributed by atoms with van der Waals surface area (Å²) in [5, 5.41) is 4.19. The van der Waals surface area contributed by atoms with Crippen LogP contribution in [0.15, 0.2) is 35.4 Å². The Hall–Kier alpha value is -2.42. The highest BCUT2D eigenvalue weighted by atomic mass is 16.1. The molecule has 0 amide bonds. The normalized spacial score (nSPS) is 18.5. The fourth-order valence-corrected chi connectivity index (χ4v) is 4.68. The Kier molecular flexibility index (Phi) is 4.86. The summed E-state index contributed by atoms with van der Waals surface area (Å²) in [4.78, 5) is 12.3. The molecule has 4 rings (SSSR count). The lowest BCUT2D eigenvalue weighted by Crippen LogP contribution is -2.12. The van der Waals surface area contributed by atoms with Gasteiger partial charge in [0.05, 0.1) is 6.04 Å². The van der Waals surface area contributed by atoms with Gasteiger partial charge in [-0.2, -0.15) is 5.10 Å². The minimum Gasteiger partial charge on any atom is -0.303 e. The van der Waals surface area contributed by atoms with Gasteiger partial charge in [0, 0.05) is 24.1 Å². The van der Waals surface area contributed by atoms with Crippen LogP contribution in [0.3, 0.4) is 0 Å². The number of ketones is 1. The summed E-state index contributed by atoms with van der Waals surface area (Å²) in [6.45, 7) is 6.30. The monoisotopic (exact) mass is 360 g/mol. The van der Waals surface area contributed by atoms with E-state index in [2.05, 4.69) is 54.7 Å². The molecule has 2 atom stereocenters. The van der Waals surface area contributed by atoms with Gasteiger partial charge in [-0.3, -0.25) is 4.79 Å². The van der Waals surface area contributed by atoms with Gasteiger partial charge in [0.1, 0.15) is 0 Å². The summed E-state index contributed by atoms with van der Waals surface area (Å²) in [6, 6.07) is 11.3. The number of fused-ring (bicyclic) bond motifs is 5. The molecule has 2 aromatic carbocycles. The van der Waals surface area contributed by atoms with Crippen LogP contribution in [0.5, 0.6) is 0 Å². The van der Waals surface area contributed by atoms with Crippen LogP contribution in [0.1, 0.15) is 91.0 Å². The summed E-state index contributed by atoms with van der Waals surface area (Å²) in [5.74, 6) is 0.761. The van der Waals surface area contributed by atoms with Crippen molar-refractivity contribution in [3.8, 4) is 11.1 Å². The number of hydrogen-bond donors (Lipinski definition) is 1. The molecule has 0 heterocycles. The van der Waals surface area contributed by atoms with Crippen molar-refractivity contribution in [1.29, 1.82) is 0 Å². The first-order valence-corrected chi connectivity index (χ1v) is 10.2. The predicted molar refractivity (Wildman–Crippen MR) is 112 cm³/mol. The van der Waals surface area contributed by atoms with Gasteiger partial charge in [0.15, 0.2) is 5.78 Å². The standard InChI is InChI=1S/C24H28N2O/c1-4-6-7-17-18-9-8-16(15(3)26-25-5-2)14-22(18)24-20(17)11-10-19-21(24)12-13-23(19)27/h5,8-11,14-15,17,26H,4,6-7,12-13H2,1-3H3/b25-5-. The number of nitrogens with one attached hydrogen (secondary N) is 1. The second kappa shape index (κ2) is 7.30. The van der Waals surface area contributed by atoms with E-state index in [4.69, 9.17) is 0 Å². The van der Waals surface area contributed by atoms with Gasteiger partial charge >= 0.3 is 0 Å². The van der Waals surface area contributed by atoms with Gasteiger partial charge in [-0.15, -0.1) is 0 Å².